The number of hydrogen-bond donors (Lipinski definition) is 3. The Bertz CT molecular complexity index is 1870. The van der Waals surface area contributed by atoms with E-state index in [-0.39, 0.29) is 30.8 Å². The maximum Gasteiger partial charge on any atom is 0.417 e. The third kappa shape index (κ3) is 8.53. The van der Waals surface area contributed by atoms with Crippen LogP contribution in [0.1, 0.15) is 61.6 Å². The number of carboxylic acid groups (broad SMARTS) is 1. The first kappa shape index (κ1) is 36.5. The zero-order chi connectivity index (χ0) is 37.1. The molecule has 0 aliphatic carbocycles. The van der Waals surface area contributed by atoms with E-state index >= 15 is 0 Å². The van der Waals surface area contributed by atoms with E-state index in [1.54, 1.807) is 11.0 Å². The van der Waals surface area contributed by atoms with Crippen molar-refractivity contribution in [3.05, 3.63) is 63.6 Å². The number of aromatic amines is 1. The minimum atomic E-state index is -1.06. The topological polar surface area (TPSA) is 169 Å². The van der Waals surface area contributed by atoms with Crippen LogP contribution in [0.5, 0.6) is 0 Å². The first-order chi connectivity index (χ1) is 25.6. The predicted molar refractivity (Wildman–Crippen MR) is 197 cm³/mol. The summed E-state index contributed by atoms with van der Waals surface area (Å²) in [6.45, 7) is 6.80. The van der Waals surface area contributed by atoms with Gasteiger partial charge in [0, 0.05) is 57.4 Å². The molecule has 4 aliphatic rings. The van der Waals surface area contributed by atoms with Crippen molar-refractivity contribution in [2.45, 2.75) is 76.9 Å². The summed E-state index contributed by atoms with van der Waals surface area (Å²) in [7, 11) is 0. The molecule has 4 amide bonds. The SMILES string of the molecule is Cc1cc(C[C@@H](OC(=O)N2CCC(N3CCc4ccccc4NC3=O)CC2)C(=O)N2CCC(C3CCN(CCC(=O)O)CC3)CC2)cc2oc(=O)[nH]c12. The number of fused-ring (bicyclic) bond motifs is 2. The summed E-state index contributed by atoms with van der Waals surface area (Å²) >= 11 is 0. The molecule has 5 heterocycles. The lowest BCUT2D eigenvalue weighted by atomic mass is 9.78. The van der Waals surface area contributed by atoms with Gasteiger partial charge >= 0.3 is 23.8 Å². The zero-order valence-electron chi connectivity index (χ0n) is 30.4. The molecule has 0 saturated carbocycles. The molecule has 3 aromatic rings. The third-order valence-corrected chi connectivity index (χ3v) is 11.8. The Labute approximate surface area is 308 Å². The van der Waals surface area contributed by atoms with Crippen LogP contribution in [0.25, 0.3) is 11.1 Å². The molecule has 4 aliphatic heterocycles. The number of carbonyl (C=O) groups excluding carboxylic acids is 3. The van der Waals surface area contributed by atoms with Crippen LogP contribution in [0.15, 0.2) is 45.6 Å². The third-order valence-electron chi connectivity index (χ3n) is 11.8. The lowest BCUT2D eigenvalue weighted by molar-refractivity contribution is -0.143. The van der Waals surface area contributed by atoms with Gasteiger partial charge < -0.3 is 39.2 Å². The maximum absolute atomic E-state index is 14.2. The minimum Gasteiger partial charge on any atom is -0.481 e. The predicted octanol–water partition coefficient (Wildman–Crippen LogP) is 4.46. The Hall–Kier alpha value is -4.85. The van der Waals surface area contributed by atoms with Gasteiger partial charge in [0.1, 0.15) is 0 Å². The molecule has 284 valence electrons. The highest BCUT2D eigenvalue weighted by Gasteiger charge is 2.37. The van der Waals surface area contributed by atoms with Crippen molar-refractivity contribution >= 4 is 40.8 Å². The number of para-hydroxylation sites is 1. The zero-order valence-corrected chi connectivity index (χ0v) is 30.4. The molecular weight excluding hydrogens is 680 g/mol. The summed E-state index contributed by atoms with van der Waals surface area (Å²) in [5.41, 5.74) is 4.44. The van der Waals surface area contributed by atoms with Crippen LogP contribution < -0.4 is 11.1 Å². The molecule has 1 atom stereocenters. The molecule has 0 radical (unpaired) electrons. The quantitative estimate of drug-likeness (QED) is 0.288. The van der Waals surface area contributed by atoms with Crippen LogP contribution in [-0.2, 0) is 27.2 Å². The van der Waals surface area contributed by atoms with Gasteiger partial charge in [-0.15, -0.1) is 0 Å². The number of urea groups is 1. The number of anilines is 1. The van der Waals surface area contributed by atoms with Gasteiger partial charge in [-0.05, 0) is 106 Å². The number of aliphatic carboxylic acids is 1. The number of aromatic nitrogens is 1. The molecule has 0 spiro atoms. The molecule has 1 aromatic heterocycles. The van der Waals surface area contributed by atoms with E-state index in [9.17, 15) is 24.0 Å². The number of H-pyrrole nitrogens is 1. The smallest absolute Gasteiger partial charge is 0.417 e. The minimum absolute atomic E-state index is 0.0187. The van der Waals surface area contributed by atoms with E-state index in [4.69, 9.17) is 14.3 Å². The number of rotatable bonds is 9. The van der Waals surface area contributed by atoms with Gasteiger partial charge in [-0.1, -0.05) is 24.3 Å². The highest BCUT2D eigenvalue weighted by atomic mass is 16.6. The lowest BCUT2D eigenvalue weighted by Crippen LogP contribution is -2.52. The van der Waals surface area contributed by atoms with E-state index in [1.165, 1.54) is 0 Å². The fourth-order valence-electron chi connectivity index (χ4n) is 8.80. The Morgan fingerprint density at radius 3 is 2.30 bits per heavy atom. The van der Waals surface area contributed by atoms with E-state index in [0.717, 1.165) is 67.6 Å². The van der Waals surface area contributed by atoms with Crippen molar-refractivity contribution in [3.8, 4) is 0 Å². The number of nitrogens with one attached hydrogen (secondary N) is 2. The van der Waals surface area contributed by atoms with Gasteiger partial charge in [-0.3, -0.25) is 14.6 Å². The van der Waals surface area contributed by atoms with Crippen LogP contribution in [-0.4, -0.2) is 118 Å². The fourth-order valence-corrected chi connectivity index (χ4v) is 8.80. The normalized spacial score (nSPS) is 20.2. The second kappa shape index (κ2) is 16.0. The number of carbonyl (C=O) groups is 4. The Balaban J connectivity index is 0.979. The molecule has 0 unspecified atom stereocenters. The van der Waals surface area contributed by atoms with E-state index in [1.807, 2.05) is 47.1 Å². The number of hydrogen-bond acceptors (Lipinski definition) is 8. The van der Waals surface area contributed by atoms with Gasteiger partial charge in [0.2, 0.25) is 0 Å². The summed E-state index contributed by atoms with van der Waals surface area (Å²) in [5, 5.41) is 12.1. The molecule has 0 bridgehead atoms. The number of ether oxygens (including phenoxy) is 1. The second-order valence-corrected chi connectivity index (χ2v) is 15.1. The Morgan fingerprint density at radius 1 is 0.906 bits per heavy atom. The molecule has 53 heavy (non-hydrogen) atoms. The highest BCUT2D eigenvalue weighted by molar-refractivity contribution is 5.91. The first-order valence-corrected chi connectivity index (χ1v) is 19.1. The fraction of sp³-hybridized carbons (Fsp3) is 0.564. The molecule has 2 aromatic carbocycles. The second-order valence-electron chi connectivity index (χ2n) is 15.1. The van der Waals surface area contributed by atoms with Crippen molar-refractivity contribution in [1.29, 1.82) is 0 Å². The molecule has 3 N–H and O–H groups in total. The Kier molecular flexibility index (Phi) is 11.0. The van der Waals surface area contributed by atoms with E-state index in [0.29, 0.717) is 75.0 Å². The van der Waals surface area contributed by atoms with Gasteiger partial charge in [0.05, 0.1) is 11.9 Å². The largest absolute Gasteiger partial charge is 0.481 e. The number of amides is 4. The first-order valence-electron chi connectivity index (χ1n) is 19.1. The number of likely N-dealkylation sites (tertiary alicyclic amines) is 3. The number of benzene rings is 2. The molecule has 3 saturated heterocycles. The van der Waals surface area contributed by atoms with Gasteiger partial charge in [0.25, 0.3) is 5.91 Å². The van der Waals surface area contributed by atoms with Crippen LogP contribution in [0.4, 0.5) is 15.3 Å². The summed E-state index contributed by atoms with van der Waals surface area (Å²) in [6.07, 6.45) is 4.44. The van der Waals surface area contributed by atoms with Gasteiger partial charge in [-0.25, -0.2) is 14.4 Å². The molecule has 7 rings (SSSR count). The number of carboxylic acids is 1. The van der Waals surface area contributed by atoms with Gasteiger partial charge in [-0.2, -0.15) is 0 Å². The number of nitrogens with zero attached hydrogens (tertiary/aromatic N) is 4. The average molecular weight is 731 g/mol. The molecule has 14 nitrogen and oxygen atoms in total. The van der Waals surface area contributed by atoms with E-state index in [2.05, 4.69) is 15.2 Å². The van der Waals surface area contributed by atoms with E-state index < -0.39 is 23.9 Å². The average Bonchev–Trinajstić information content (AvgIpc) is 3.46. The Morgan fingerprint density at radius 2 is 1.58 bits per heavy atom. The summed E-state index contributed by atoms with van der Waals surface area (Å²) in [5.74, 6) is -0.519. The lowest BCUT2D eigenvalue weighted by Gasteiger charge is -2.41. The maximum atomic E-state index is 14.2. The van der Waals surface area contributed by atoms with Crippen molar-refractivity contribution in [3.63, 3.8) is 0 Å². The molecule has 14 heteroatoms. The van der Waals surface area contributed by atoms with Crippen LogP contribution in [0, 0.1) is 18.8 Å². The van der Waals surface area contributed by atoms with Crippen molar-refractivity contribution < 1.29 is 33.4 Å². The monoisotopic (exact) mass is 730 g/mol. The number of oxazole rings is 1. The van der Waals surface area contributed by atoms with Crippen molar-refractivity contribution in [2.75, 3.05) is 57.7 Å². The number of piperidine rings is 3. The van der Waals surface area contributed by atoms with Crippen LogP contribution in [0.3, 0.4) is 0 Å². The number of aryl methyl sites for hydroxylation is 1. The molecule has 3 fully saturated rings. The summed E-state index contributed by atoms with van der Waals surface area (Å²) in [6, 6.07) is 11.3. The van der Waals surface area contributed by atoms with Crippen molar-refractivity contribution in [2.24, 2.45) is 11.8 Å². The van der Waals surface area contributed by atoms with Crippen LogP contribution in [0.2, 0.25) is 0 Å². The van der Waals surface area contributed by atoms with Gasteiger partial charge in [0.15, 0.2) is 11.7 Å². The summed E-state index contributed by atoms with van der Waals surface area (Å²) in [4.78, 5) is 74.2. The molecular formula is C39H50N6O8. The summed E-state index contributed by atoms with van der Waals surface area (Å²) < 4.78 is 11.4. The highest BCUT2D eigenvalue weighted by Crippen LogP contribution is 2.33. The van der Waals surface area contributed by atoms with Crippen LogP contribution >= 0.6 is 0 Å². The standard InChI is InChI=1S/C39H50N6O8/c1-25-22-26(23-32-35(25)41-38(50)52-32)24-33(36(48)43-17-8-28(9-18-43)27-6-14-42(15-7-27)16-13-34(46)47)53-39(51)44-19-11-30(12-20-44)45-21-10-29-4-2-3-5-31(29)40-37(45)49/h2-5,22-23,27-28,30,33H,6-21,24H2,1H3,(H,40,49)(H,41,50)(H,46,47)/t33-/m1/s1. The van der Waals surface area contributed by atoms with Crippen molar-refractivity contribution in [1.82, 2.24) is 24.6 Å².